The SMILES string of the molecule is CC1(Cl)Cc2[nH]c(OCC(=O)O)nc2C=C1C#Cc1ccccc1. The van der Waals surface area contributed by atoms with E-state index >= 15 is 0 Å². The van der Waals surface area contributed by atoms with E-state index in [-0.39, 0.29) is 6.01 Å². The number of rotatable bonds is 3. The van der Waals surface area contributed by atoms with Crippen molar-refractivity contribution in [3.05, 3.63) is 52.9 Å². The minimum atomic E-state index is -1.06. The summed E-state index contributed by atoms with van der Waals surface area (Å²) >= 11 is 6.62. The molecule has 5 nitrogen and oxygen atoms in total. The fourth-order valence-electron chi connectivity index (χ4n) is 2.39. The van der Waals surface area contributed by atoms with Gasteiger partial charge in [0.25, 0.3) is 6.01 Å². The zero-order valence-electron chi connectivity index (χ0n) is 13.0. The molecule has 0 fully saturated rings. The van der Waals surface area contributed by atoms with Crippen molar-refractivity contribution in [2.75, 3.05) is 6.61 Å². The highest BCUT2D eigenvalue weighted by Crippen LogP contribution is 2.36. The number of fused-ring (bicyclic) bond motifs is 1. The molecule has 1 aliphatic rings. The first-order valence-electron chi connectivity index (χ1n) is 7.36. The van der Waals surface area contributed by atoms with Crippen LogP contribution in [0.25, 0.3) is 6.08 Å². The lowest BCUT2D eigenvalue weighted by Gasteiger charge is -2.25. The lowest BCUT2D eigenvalue weighted by atomic mass is 9.89. The minimum Gasteiger partial charge on any atom is -0.479 e. The Morgan fingerprint density at radius 3 is 2.88 bits per heavy atom. The number of aliphatic carboxylic acids is 1. The second-order valence-electron chi connectivity index (χ2n) is 5.64. The van der Waals surface area contributed by atoms with Gasteiger partial charge in [-0.3, -0.25) is 0 Å². The predicted molar refractivity (Wildman–Crippen MR) is 91.0 cm³/mol. The maximum Gasteiger partial charge on any atom is 0.341 e. The van der Waals surface area contributed by atoms with Crippen LogP contribution in [0.3, 0.4) is 0 Å². The van der Waals surface area contributed by atoms with Crippen LogP contribution in [-0.4, -0.2) is 32.5 Å². The Balaban J connectivity index is 1.88. The number of benzene rings is 1. The van der Waals surface area contributed by atoms with Crippen molar-refractivity contribution in [2.45, 2.75) is 18.2 Å². The van der Waals surface area contributed by atoms with Crippen LogP contribution in [0.15, 0.2) is 35.9 Å². The van der Waals surface area contributed by atoms with Crippen LogP contribution in [0.1, 0.15) is 23.9 Å². The molecule has 0 amide bonds. The molecule has 1 aromatic carbocycles. The normalized spacial score (nSPS) is 18.8. The summed E-state index contributed by atoms with van der Waals surface area (Å²) in [5.74, 6) is 5.16. The van der Waals surface area contributed by atoms with Crippen molar-refractivity contribution in [3.8, 4) is 17.9 Å². The van der Waals surface area contributed by atoms with Gasteiger partial charge in [-0.05, 0) is 25.1 Å². The van der Waals surface area contributed by atoms with E-state index in [0.29, 0.717) is 12.1 Å². The Bertz CT molecular complexity index is 857. The van der Waals surface area contributed by atoms with Crippen LogP contribution in [0.5, 0.6) is 6.01 Å². The van der Waals surface area contributed by atoms with Gasteiger partial charge in [0.05, 0.1) is 10.6 Å². The summed E-state index contributed by atoms with van der Waals surface area (Å²) in [4.78, 5) is 17.1. The molecule has 2 aromatic rings. The number of allylic oxidation sites excluding steroid dienone is 1. The molecule has 24 heavy (non-hydrogen) atoms. The second-order valence-corrected chi connectivity index (χ2v) is 6.47. The van der Waals surface area contributed by atoms with E-state index in [1.165, 1.54) is 0 Å². The third-order valence-electron chi connectivity index (χ3n) is 3.59. The Kier molecular flexibility index (Phi) is 4.32. The van der Waals surface area contributed by atoms with Gasteiger partial charge in [-0.25, -0.2) is 4.79 Å². The van der Waals surface area contributed by atoms with Gasteiger partial charge in [-0.1, -0.05) is 30.0 Å². The van der Waals surface area contributed by atoms with Crippen molar-refractivity contribution in [3.63, 3.8) is 0 Å². The van der Waals surface area contributed by atoms with Crippen LogP contribution < -0.4 is 4.74 Å². The Labute approximate surface area is 144 Å². The molecular formula is C18H15ClN2O3. The number of hydrogen-bond acceptors (Lipinski definition) is 3. The van der Waals surface area contributed by atoms with Crippen molar-refractivity contribution in [2.24, 2.45) is 0 Å². The Hall–Kier alpha value is -2.71. The van der Waals surface area contributed by atoms with Crippen molar-refractivity contribution in [1.29, 1.82) is 0 Å². The maximum absolute atomic E-state index is 10.6. The van der Waals surface area contributed by atoms with E-state index in [1.807, 2.05) is 43.3 Å². The summed E-state index contributed by atoms with van der Waals surface area (Å²) in [5.41, 5.74) is 3.14. The number of hydrogen-bond donors (Lipinski definition) is 2. The van der Waals surface area contributed by atoms with Gasteiger partial charge < -0.3 is 14.8 Å². The molecule has 1 unspecified atom stereocenters. The smallest absolute Gasteiger partial charge is 0.341 e. The molecular weight excluding hydrogens is 328 g/mol. The zero-order valence-corrected chi connectivity index (χ0v) is 13.7. The summed E-state index contributed by atoms with van der Waals surface area (Å²) in [6.45, 7) is 1.44. The molecule has 1 aliphatic carbocycles. The monoisotopic (exact) mass is 342 g/mol. The third-order valence-corrected chi connectivity index (χ3v) is 3.93. The van der Waals surface area contributed by atoms with E-state index in [2.05, 4.69) is 21.8 Å². The van der Waals surface area contributed by atoms with Crippen LogP contribution in [0, 0.1) is 11.8 Å². The summed E-state index contributed by atoms with van der Waals surface area (Å²) in [7, 11) is 0. The first-order valence-corrected chi connectivity index (χ1v) is 7.73. The molecule has 0 saturated heterocycles. The van der Waals surface area contributed by atoms with Gasteiger partial charge in [0, 0.05) is 23.3 Å². The average Bonchev–Trinajstić information content (AvgIpc) is 2.92. The van der Waals surface area contributed by atoms with Crippen molar-refractivity contribution in [1.82, 2.24) is 9.97 Å². The number of H-pyrrole nitrogens is 1. The number of carbonyl (C=O) groups is 1. The lowest BCUT2D eigenvalue weighted by molar-refractivity contribution is -0.139. The molecule has 6 heteroatoms. The molecule has 3 rings (SSSR count). The average molecular weight is 343 g/mol. The van der Waals surface area contributed by atoms with Crippen LogP contribution in [-0.2, 0) is 11.2 Å². The largest absolute Gasteiger partial charge is 0.479 e. The van der Waals surface area contributed by atoms with Gasteiger partial charge in [0.15, 0.2) is 6.61 Å². The van der Waals surface area contributed by atoms with E-state index in [1.54, 1.807) is 0 Å². The van der Waals surface area contributed by atoms with Gasteiger partial charge in [0.2, 0.25) is 0 Å². The highest BCUT2D eigenvalue weighted by Gasteiger charge is 2.32. The minimum absolute atomic E-state index is 0.170. The van der Waals surface area contributed by atoms with Crippen LogP contribution >= 0.6 is 11.6 Å². The van der Waals surface area contributed by atoms with E-state index < -0.39 is 17.5 Å². The van der Waals surface area contributed by atoms with Gasteiger partial charge in [0.1, 0.15) is 0 Å². The Morgan fingerprint density at radius 2 is 2.17 bits per heavy atom. The molecule has 122 valence electrons. The quantitative estimate of drug-likeness (QED) is 0.664. The number of nitrogens with one attached hydrogen (secondary N) is 1. The molecule has 2 N–H and O–H groups in total. The number of carboxylic acid groups (broad SMARTS) is 1. The Morgan fingerprint density at radius 1 is 1.42 bits per heavy atom. The summed E-state index contributed by atoms with van der Waals surface area (Å²) in [6.07, 6.45) is 2.31. The lowest BCUT2D eigenvalue weighted by Crippen LogP contribution is -2.25. The zero-order chi connectivity index (χ0) is 17.2. The number of imidazole rings is 1. The fourth-order valence-corrected chi connectivity index (χ4v) is 2.63. The molecule has 1 heterocycles. The second kappa shape index (κ2) is 6.42. The molecule has 0 aliphatic heterocycles. The number of aromatic nitrogens is 2. The highest BCUT2D eigenvalue weighted by molar-refractivity contribution is 6.27. The first-order chi connectivity index (χ1) is 11.4. The molecule has 0 bridgehead atoms. The topological polar surface area (TPSA) is 75.2 Å². The number of ether oxygens (including phenoxy) is 1. The summed E-state index contributed by atoms with van der Waals surface area (Å²) in [5, 5.41) is 8.66. The van der Waals surface area contributed by atoms with E-state index in [4.69, 9.17) is 21.4 Å². The molecule has 0 spiro atoms. The van der Waals surface area contributed by atoms with Crippen LogP contribution in [0.2, 0.25) is 0 Å². The third kappa shape index (κ3) is 3.61. The molecule has 0 saturated carbocycles. The summed E-state index contributed by atoms with van der Waals surface area (Å²) < 4.78 is 5.08. The standard InChI is InChI=1S/C18H15ClN2O3/c1-18(19)10-15-14(20-17(21-15)24-11-16(22)23)9-13(18)8-7-12-5-3-2-4-6-12/h2-6,9H,10-11H2,1H3,(H,20,21)(H,22,23). The van der Waals surface area contributed by atoms with Gasteiger partial charge in [-0.15, -0.1) is 11.6 Å². The van der Waals surface area contributed by atoms with E-state index in [0.717, 1.165) is 16.8 Å². The fraction of sp³-hybridized carbons (Fsp3) is 0.222. The van der Waals surface area contributed by atoms with Gasteiger partial charge in [-0.2, -0.15) is 4.98 Å². The van der Waals surface area contributed by atoms with E-state index in [9.17, 15) is 4.79 Å². The van der Waals surface area contributed by atoms with Gasteiger partial charge >= 0.3 is 5.97 Å². The first kappa shape index (κ1) is 16.2. The number of carboxylic acids is 1. The number of alkyl halides is 1. The number of halogens is 1. The van der Waals surface area contributed by atoms with Crippen molar-refractivity contribution < 1.29 is 14.6 Å². The van der Waals surface area contributed by atoms with Crippen LogP contribution in [0.4, 0.5) is 0 Å². The highest BCUT2D eigenvalue weighted by atomic mass is 35.5. The maximum atomic E-state index is 10.6. The molecule has 1 aromatic heterocycles. The molecule has 1 atom stereocenters. The van der Waals surface area contributed by atoms with Crippen molar-refractivity contribution >= 4 is 23.6 Å². The summed E-state index contributed by atoms with van der Waals surface area (Å²) in [6, 6.07) is 9.82. The predicted octanol–water partition coefficient (Wildman–Crippen LogP) is 2.86. The number of aromatic amines is 1. The number of nitrogens with zero attached hydrogens (tertiary/aromatic N) is 1. The molecule has 0 radical (unpaired) electrons.